The van der Waals surface area contributed by atoms with E-state index in [0.717, 1.165) is 17.7 Å². The van der Waals surface area contributed by atoms with Crippen LogP contribution < -0.4 is 0 Å². The third-order valence-electron chi connectivity index (χ3n) is 6.31. The lowest BCUT2D eigenvalue weighted by Gasteiger charge is -2.58. The first-order chi connectivity index (χ1) is 14.1. The maximum absolute atomic E-state index is 13.5. The fraction of sp³-hybridized carbons (Fsp3) is 0.409. The number of piperazine rings is 1. The van der Waals surface area contributed by atoms with E-state index in [-0.39, 0.29) is 18.4 Å². The van der Waals surface area contributed by atoms with Crippen LogP contribution in [-0.4, -0.2) is 73.9 Å². The number of amides is 2. The number of aliphatic hydroxyl groups is 1. The van der Waals surface area contributed by atoms with Crippen molar-refractivity contribution in [3.8, 4) is 0 Å². The van der Waals surface area contributed by atoms with E-state index in [2.05, 4.69) is 9.88 Å². The normalized spacial score (nSPS) is 26.6. The van der Waals surface area contributed by atoms with Crippen LogP contribution in [0.15, 0.2) is 54.9 Å². The maximum atomic E-state index is 13.5. The molecule has 1 aromatic heterocycles. The molecule has 3 aliphatic rings. The van der Waals surface area contributed by atoms with Crippen molar-refractivity contribution >= 4 is 11.8 Å². The SMILES string of the molecule is O=C1[C@@H]2C[C@@H](O)CN2C2(CN(Cc3cccnc3)C2)C(=O)N1Cc1ccccc1. The lowest BCUT2D eigenvalue weighted by Crippen LogP contribution is -2.81. The van der Waals surface area contributed by atoms with Crippen LogP contribution in [0.4, 0.5) is 0 Å². The van der Waals surface area contributed by atoms with Gasteiger partial charge in [-0.25, -0.2) is 0 Å². The largest absolute Gasteiger partial charge is 0.392 e. The Balaban J connectivity index is 1.40. The molecule has 0 aliphatic carbocycles. The number of hydrogen-bond acceptors (Lipinski definition) is 6. The molecule has 2 aromatic rings. The number of aliphatic hydroxyl groups excluding tert-OH is 1. The Labute approximate surface area is 169 Å². The molecule has 7 nitrogen and oxygen atoms in total. The summed E-state index contributed by atoms with van der Waals surface area (Å²) in [6.07, 6.45) is 3.40. The molecule has 0 unspecified atom stereocenters. The smallest absolute Gasteiger partial charge is 0.252 e. The zero-order chi connectivity index (χ0) is 20.0. The number of nitrogens with zero attached hydrogens (tertiary/aromatic N) is 4. The van der Waals surface area contributed by atoms with Crippen LogP contribution in [0, 0.1) is 0 Å². The van der Waals surface area contributed by atoms with E-state index in [9.17, 15) is 14.7 Å². The third-order valence-corrected chi connectivity index (χ3v) is 6.31. The fourth-order valence-corrected chi connectivity index (χ4v) is 4.96. The molecule has 3 aliphatic heterocycles. The fourth-order valence-electron chi connectivity index (χ4n) is 4.96. The Morgan fingerprint density at radius 3 is 2.52 bits per heavy atom. The number of carbonyl (C=O) groups excluding carboxylic acids is 2. The highest BCUT2D eigenvalue weighted by molar-refractivity contribution is 6.06. The van der Waals surface area contributed by atoms with Crippen molar-refractivity contribution in [2.24, 2.45) is 0 Å². The number of carbonyl (C=O) groups is 2. The van der Waals surface area contributed by atoms with Gasteiger partial charge in [-0.2, -0.15) is 0 Å². The molecule has 1 N–H and O–H groups in total. The predicted molar refractivity (Wildman–Crippen MR) is 105 cm³/mol. The monoisotopic (exact) mass is 392 g/mol. The number of benzene rings is 1. The summed E-state index contributed by atoms with van der Waals surface area (Å²) >= 11 is 0. The summed E-state index contributed by atoms with van der Waals surface area (Å²) in [6, 6.07) is 13.1. The van der Waals surface area contributed by atoms with Gasteiger partial charge >= 0.3 is 0 Å². The zero-order valence-electron chi connectivity index (χ0n) is 16.1. The van der Waals surface area contributed by atoms with E-state index in [0.29, 0.717) is 26.1 Å². The van der Waals surface area contributed by atoms with E-state index in [1.807, 2.05) is 53.6 Å². The minimum Gasteiger partial charge on any atom is -0.392 e. The number of pyridine rings is 1. The van der Waals surface area contributed by atoms with Gasteiger partial charge < -0.3 is 5.11 Å². The molecule has 2 amide bonds. The summed E-state index contributed by atoms with van der Waals surface area (Å²) in [4.78, 5) is 36.4. The van der Waals surface area contributed by atoms with Gasteiger partial charge in [0, 0.05) is 38.6 Å². The first-order valence-electron chi connectivity index (χ1n) is 10.0. The van der Waals surface area contributed by atoms with E-state index in [4.69, 9.17) is 0 Å². The molecule has 3 saturated heterocycles. The van der Waals surface area contributed by atoms with Crippen LogP contribution in [0.25, 0.3) is 0 Å². The van der Waals surface area contributed by atoms with Crippen molar-refractivity contribution in [2.45, 2.75) is 37.2 Å². The van der Waals surface area contributed by atoms with Crippen LogP contribution in [0.2, 0.25) is 0 Å². The molecule has 1 aromatic carbocycles. The van der Waals surface area contributed by atoms with Gasteiger partial charge in [0.05, 0.1) is 18.7 Å². The highest BCUT2D eigenvalue weighted by atomic mass is 16.3. The Morgan fingerprint density at radius 1 is 1.03 bits per heavy atom. The number of hydrogen-bond donors (Lipinski definition) is 1. The topological polar surface area (TPSA) is 77.0 Å². The molecule has 0 bridgehead atoms. The summed E-state index contributed by atoms with van der Waals surface area (Å²) in [7, 11) is 0. The second-order valence-electron chi connectivity index (χ2n) is 8.31. The minimum atomic E-state index is -0.729. The molecule has 2 atom stereocenters. The maximum Gasteiger partial charge on any atom is 0.252 e. The summed E-state index contributed by atoms with van der Waals surface area (Å²) < 4.78 is 0. The van der Waals surface area contributed by atoms with E-state index in [1.54, 1.807) is 6.20 Å². The first-order valence-corrected chi connectivity index (χ1v) is 10.0. The van der Waals surface area contributed by atoms with Crippen LogP contribution in [0.5, 0.6) is 0 Å². The second kappa shape index (κ2) is 7.02. The van der Waals surface area contributed by atoms with Gasteiger partial charge in [0.15, 0.2) is 0 Å². The average Bonchev–Trinajstić information content (AvgIpc) is 3.10. The highest BCUT2D eigenvalue weighted by Gasteiger charge is 2.64. The first kappa shape index (κ1) is 18.4. The molecule has 1 spiro atoms. The van der Waals surface area contributed by atoms with Gasteiger partial charge in [-0.05, 0) is 23.6 Å². The minimum absolute atomic E-state index is 0.140. The lowest BCUT2D eigenvalue weighted by atomic mass is 9.82. The van der Waals surface area contributed by atoms with Crippen molar-refractivity contribution in [2.75, 3.05) is 19.6 Å². The van der Waals surface area contributed by atoms with Crippen molar-refractivity contribution in [1.82, 2.24) is 19.7 Å². The van der Waals surface area contributed by atoms with Crippen molar-refractivity contribution in [1.29, 1.82) is 0 Å². The molecule has 4 heterocycles. The van der Waals surface area contributed by atoms with Gasteiger partial charge in [-0.15, -0.1) is 0 Å². The van der Waals surface area contributed by atoms with Crippen LogP contribution in [-0.2, 0) is 22.7 Å². The van der Waals surface area contributed by atoms with Crippen LogP contribution in [0.3, 0.4) is 0 Å². The molecule has 29 heavy (non-hydrogen) atoms. The highest BCUT2D eigenvalue weighted by Crippen LogP contribution is 2.41. The Hall–Kier alpha value is -2.61. The number of rotatable bonds is 4. The Bertz CT molecular complexity index is 914. The van der Waals surface area contributed by atoms with E-state index in [1.165, 1.54) is 4.90 Å². The second-order valence-corrected chi connectivity index (χ2v) is 8.31. The molecular formula is C22H24N4O3. The molecule has 3 fully saturated rings. The predicted octanol–water partition coefficient (Wildman–Crippen LogP) is 0.640. The number of β-amino-alcohol motifs (C(OH)–C–C–N with tert-alkyl or cyclic N) is 1. The standard InChI is InChI=1S/C22H24N4O3/c27-18-9-19-20(28)25(12-16-5-2-1-3-6-16)21(29)22(26(19)13-18)14-24(15-22)11-17-7-4-8-23-10-17/h1-8,10,18-19,27H,9,11-15H2/t18-,19+/m1/s1. The molecule has 0 saturated carbocycles. The number of fused-ring (bicyclic) bond motifs is 2. The van der Waals surface area contributed by atoms with Gasteiger partial charge in [-0.1, -0.05) is 36.4 Å². The third kappa shape index (κ3) is 3.06. The van der Waals surface area contributed by atoms with Gasteiger partial charge in [0.1, 0.15) is 5.54 Å². The molecular weight excluding hydrogens is 368 g/mol. The van der Waals surface area contributed by atoms with E-state index < -0.39 is 17.7 Å². The number of aromatic nitrogens is 1. The summed E-state index contributed by atoms with van der Waals surface area (Å²) in [5.74, 6) is -0.328. The molecule has 5 rings (SSSR count). The van der Waals surface area contributed by atoms with Crippen molar-refractivity contribution in [3.63, 3.8) is 0 Å². The zero-order valence-corrected chi connectivity index (χ0v) is 16.1. The Kier molecular flexibility index (Phi) is 4.46. The average molecular weight is 392 g/mol. The summed E-state index contributed by atoms with van der Waals surface area (Å²) in [5, 5.41) is 10.2. The van der Waals surface area contributed by atoms with Crippen molar-refractivity contribution in [3.05, 3.63) is 66.0 Å². The summed E-state index contributed by atoms with van der Waals surface area (Å²) in [5.41, 5.74) is 1.30. The molecule has 0 radical (unpaired) electrons. The van der Waals surface area contributed by atoms with Crippen LogP contribution >= 0.6 is 0 Å². The quantitative estimate of drug-likeness (QED) is 0.770. The van der Waals surface area contributed by atoms with E-state index >= 15 is 0 Å². The molecule has 7 heteroatoms. The molecule has 150 valence electrons. The van der Waals surface area contributed by atoms with Crippen molar-refractivity contribution < 1.29 is 14.7 Å². The van der Waals surface area contributed by atoms with Gasteiger partial charge in [0.25, 0.3) is 5.91 Å². The summed E-state index contributed by atoms with van der Waals surface area (Å²) in [6.45, 7) is 2.49. The number of imide groups is 1. The van der Waals surface area contributed by atoms with Crippen LogP contribution in [0.1, 0.15) is 17.5 Å². The van der Waals surface area contributed by atoms with Gasteiger partial charge in [-0.3, -0.25) is 29.3 Å². The van der Waals surface area contributed by atoms with Gasteiger partial charge in [0.2, 0.25) is 5.91 Å². The Morgan fingerprint density at radius 2 is 1.79 bits per heavy atom. The number of likely N-dealkylation sites (tertiary alicyclic amines) is 1. The lowest BCUT2D eigenvalue weighted by molar-refractivity contribution is -0.181.